The van der Waals surface area contributed by atoms with Crippen molar-refractivity contribution in [2.45, 2.75) is 12.0 Å². The number of hydrogen-bond donors (Lipinski definition) is 2. The minimum Gasteiger partial charge on any atom is -0.355 e. The first kappa shape index (κ1) is 19.5. The summed E-state index contributed by atoms with van der Waals surface area (Å²) in [7, 11) is 2.11. The molecule has 1 fully saturated rings. The normalized spacial score (nSPS) is 23.4. The SMILES string of the molecule is CN1CCN(CC(=O)N2CCc3c([nH]c4ccccc34)[C@@]23C(=O)Nc2ccccc23)CC1. The van der Waals surface area contributed by atoms with Gasteiger partial charge in [0.2, 0.25) is 5.91 Å². The monoisotopic (exact) mass is 429 g/mol. The Bertz CT molecular complexity index is 1230. The maximum atomic E-state index is 13.8. The van der Waals surface area contributed by atoms with Crippen molar-refractivity contribution in [2.75, 3.05) is 51.6 Å². The van der Waals surface area contributed by atoms with E-state index in [0.29, 0.717) is 13.1 Å². The molecule has 2 aromatic carbocycles. The van der Waals surface area contributed by atoms with Crippen molar-refractivity contribution in [1.82, 2.24) is 19.7 Å². The molecule has 0 bridgehead atoms. The van der Waals surface area contributed by atoms with Gasteiger partial charge in [-0.05, 0) is 31.2 Å². The fraction of sp³-hybridized carbons (Fsp3) is 0.360. The van der Waals surface area contributed by atoms with E-state index in [9.17, 15) is 9.59 Å². The number of piperazine rings is 1. The molecule has 164 valence electrons. The molecule has 1 spiro atoms. The number of nitrogens with zero attached hydrogens (tertiary/aromatic N) is 3. The summed E-state index contributed by atoms with van der Waals surface area (Å²) in [5.41, 5.74) is 3.44. The molecule has 4 heterocycles. The van der Waals surface area contributed by atoms with Gasteiger partial charge in [0, 0.05) is 54.9 Å². The Labute approximate surface area is 187 Å². The number of carbonyl (C=O) groups excluding carboxylic acids is 2. The van der Waals surface area contributed by atoms with Crippen molar-refractivity contribution in [1.29, 1.82) is 0 Å². The van der Waals surface area contributed by atoms with E-state index in [1.807, 2.05) is 47.4 Å². The lowest BCUT2D eigenvalue weighted by atomic mass is 9.79. The van der Waals surface area contributed by atoms with Crippen LogP contribution in [-0.2, 0) is 21.5 Å². The minimum absolute atomic E-state index is 0.00529. The smallest absolute Gasteiger partial charge is 0.261 e. The lowest BCUT2D eigenvalue weighted by Gasteiger charge is -2.44. The van der Waals surface area contributed by atoms with E-state index in [4.69, 9.17) is 0 Å². The first-order valence-corrected chi connectivity index (χ1v) is 11.3. The standard InChI is InChI=1S/C25H27N5O2/c1-28-12-14-29(15-13-28)16-22(31)30-11-10-18-17-6-2-4-8-20(17)26-23(18)25(30)19-7-3-5-9-21(19)27-24(25)32/h2-9,26H,10-16H2,1H3,(H,27,32)/t25-/m0/s1. The molecule has 0 unspecified atom stereocenters. The van der Waals surface area contributed by atoms with Crippen molar-refractivity contribution in [2.24, 2.45) is 0 Å². The number of hydrogen-bond acceptors (Lipinski definition) is 4. The van der Waals surface area contributed by atoms with E-state index in [2.05, 4.69) is 33.2 Å². The molecule has 0 radical (unpaired) electrons. The molecular weight excluding hydrogens is 402 g/mol. The van der Waals surface area contributed by atoms with Gasteiger partial charge in [0.05, 0.1) is 12.2 Å². The summed E-state index contributed by atoms with van der Waals surface area (Å²) in [6.07, 6.45) is 0.727. The number of carbonyl (C=O) groups is 2. The number of benzene rings is 2. The van der Waals surface area contributed by atoms with Crippen LogP contribution in [0.4, 0.5) is 5.69 Å². The molecule has 0 aliphatic carbocycles. The number of anilines is 1. The third-order valence-electron chi connectivity index (χ3n) is 7.32. The highest BCUT2D eigenvalue weighted by Gasteiger charge is 2.58. The zero-order chi connectivity index (χ0) is 21.9. The molecule has 32 heavy (non-hydrogen) atoms. The average molecular weight is 430 g/mol. The molecule has 7 nitrogen and oxygen atoms in total. The van der Waals surface area contributed by atoms with Gasteiger partial charge in [0.25, 0.3) is 5.91 Å². The number of rotatable bonds is 2. The zero-order valence-electron chi connectivity index (χ0n) is 18.2. The first-order valence-electron chi connectivity index (χ1n) is 11.3. The second kappa shape index (κ2) is 7.18. The van der Waals surface area contributed by atoms with Crippen molar-refractivity contribution < 1.29 is 9.59 Å². The molecule has 1 aromatic heterocycles. The fourth-order valence-electron chi connectivity index (χ4n) is 5.65. The summed E-state index contributed by atoms with van der Waals surface area (Å²) in [5.74, 6) is -0.149. The molecule has 3 aromatic rings. The Morgan fingerprint density at radius 2 is 1.75 bits per heavy atom. The van der Waals surface area contributed by atoms with Gasteiger partial charge in [-0.1, -0.05) is 36.4 Å². The summed E-state index contributed by atoms with van der Waals surface area (Å²) in [6.45, 7) is 4.48. The molecule has 2 N–H and O–H groups in total. The summed E-state index contributed by atoms with van der Waals surface area (Å²) in [4.78, 5) is 37.4. The van der Waals surface area contributed by atoms with E-state index in [-0.39, 0.29) is 11.8 Å². The number of H-pyrrole nitrogens is 1. The average Bonchev–Trinajstić information content (AvgIpc) is 3.32. The lowest BCUT2D eigenvalue weighted by Crippen LogP contribution is -2.60. The summed E-state index contributed by atoms with van der Waals surface area (Å²) in [6, 6.07) is 15.9. The van der Waals surface area contributed by atoms with Crippen molar-refractivity contribution in [3.8, 4) is 0 Å². The number of nitrogens with one attached hydrogen (secondary N) is 2. The van der Waals surface area contributed by atoms with Crippen LogP contribution in [0.2, 0.25) is 0 Å². The van der Waals surface area contributed by atoms with Crippen molar-refractivity contribution in [3.63, 3.8) is 0 Å². The highest BCUT2D eigenvalue weighted by atomic mass is 16.2. The predicted molar refractivity (Wildman–Crippen MR) is 124 cm³/mol. The third kappa shape index (κ3) is 2.68. The van der Waals surface area contributed by atoms with Gasteiger partial charge in [-0.25, -0.2) is 0 Å². The molecule has 1 saturated heterocycles. The van der Waals surface area contributed by atoms with Gasteiger partial charge in [-0.15, -0.1) is 0 Å². The first-order chi connectivity index (χ1) is 15.6. The lowest BCUT2D eigenvalue weighted by molar-refractivity contribution is -0.145. The molecule has 7 heteroatoms. The number of aromatic amines is 1. The number of para-hydroxylation sites is 2. The maximum Gasteiger partial charge on any atom is 0.261 e. The van der Waals surface area contributed by atoms with Gasteiger partial charge in [-0.2, -0.15) is 0 Å². The van der Waals surface area contributed by atoms with Crippen LogP contribution in [0.25, 0.3) is 10.9 Å². The minimum atomic E-state index is -1.16. The van der Waals surface area contributed by atoms with Crippen LogP contribution >= 0.6 is 0 Å². The second-order valence-corrected chi connectivity index (χ2v) is 9.11. The van der Waals surface area contributed by atoms with Gasteiger partial charge in [0.1, 0.15) is 0 Å². The van der Waals surface area contributed by atoms with Crippen molar-refractivity contribution in [3.05, 3.63) is 65.4 Å². The molecular formula is C25H27N5O2. The predicted octanol–water partition coefficient (Wildman–Crippen LogP) is 2.00. The molecule has 3 aliphatic heterocycles. The maximum absolute atomic E-state index is 13.8. The highest BCUT2D eigenvalue weighted by molar-refractivity contribution is 6.11. The molecule has 1 atom stereocenters. The van der Waals surface area contributed by atoms with E-state index in [1.54, 1.807) is 0 Å². The van der Waals surface area contributed by atoms with E-state index in [0.717, 1.165) is 66.0 Å². The number of likely N-dealkylation sites (N-methyl/N-ethyl adjacent to an activating group) is 1. The van der Waals surface area contributed by atoms with Crippen LogP contribution in [0.5, 0.6) is 0 Å². The number of fused-ring (bicyclic) bond motifs is 6. The summed E-state index contributed by atoms with van der Waals surface area (Å²) >= 11 is 0. The van der Waals surface area contributed by atoms with Crippen LogP contribution in [0.3, 0.4) is 0 Å². The Hall–Kier alpha value is -3.16. The highest BCUT2D eigenvalue weighted by Crippen LogP contribution is 2.49. The third-order valence-corrected chi connectivity index (χ3v) is 7.32. The molecule has 6 rings (SSSR count). The Morgan fingerprint density at radius 1 is 1.00 bits per heavy atom. The van der Waals surface area contributed by atoms with E-state index < -0.39 is 5.54 Å². The molecule has 3 aliphatic rings. The van der Waals surface area contributed by atoms with Crippen LogP contribution in [0.1, 0.15) is 16.8 Å². The summed E-state index contributed by atoms with van der Waals surface area (Å²) in [5, 5.41) is 4.19. The largest absolute Gasteiger partial charge is 0.355 e. The van der Waals surface area contributed by atoms with E-state index >= 15 is 0 Å². The Balaban J connectivity index is 1.48. The van der Waals surface area contributed by atoms with Crippen molar-refractivity contribution >= 4 is 28.4 Å². The van der Waals surface area contributed by atoms with Crippen LogP contribution in [-0.4, -0.2) is 77.8 Å². The van der Waals surface area contributed by atoms with Crippen LogP contribution < -0.4 is 5.32 Å². The van der Waals surface area contributed by atoms with Gasteiger partial charge in [0.15, 0.2) is 5.54 Å². The molecule has 2 amide bonds. The topological polar surface area (TPSA) is 71.7 Å². The Kier molecular flexibility index (Phi) is 4.38. The van der Waals surface area contributed by atoms with Crippen LogP contribution in [0, 0.1) is 0 Å². The van der Waals surface area contributed by atoms with Crippen LogP contribution in [0.15, 0.2) is 48.5 Å². The van der Waals surface area contributed by atoms with Gasteiger partial charge >= 0.3 is 0 Å². The Morgan fingerprint density at radius 3 is 2.59 bits per heavy atom. The number of aromatic nitrogens is 1. The number of amides is 2. The second-order valence-electron chi connectivity index (χ2n) is 9.11. The fourth-order valence-corrected chi connectivity index (χ4v) is 5.65. The quantitative estimate of drug-likeness (QED) is 0.654. The zero-order valence-corrected chi connectivity index (χ0v) is 18.2. The summed E-state index contributed by atoms with van der Waals surface area (Å²) < 4.78 is 0. The van der Waals surface area contributed by atoms with Gasteiger partial charge in [-0.3, -0.25) is 14.5 Å². The van der Waals surface area contributed by atoms with E-state index in [1.165, 1.54) is 0 Å². The molecule has 0 saturated carbocycles. The van der Waals surface area contributed by atoms with Gasteiger partial charge < -0.3 is 20.1 Å².